The summed E-state index contributed by atoms with van der Waals surface area (Å²) >= 11 is 0. The lowest BCUT2D eigenvalue weighted by Gasteiger charge is -2.18. The van der Waals surface area contributed by atoms with Crippen molar-refractivity contribution in [3.05, 3.63) is 58.7 Å². The van der Waals surface area contributed by atoms with Crippen LogP contribution >= 0.6 is 0 Å². The molecule has 0 bridgehead atoms. The molecule has 0 unspecified atom stereocenters. The first kappa shape index (κ1) is 30.5. The third kappa shape index (κ3) is 6.37. The number of oxime groups is 4. The zero-order valence-corrected chi connectivity index (χ0v) is 23.5. The van der Waals surface area contributed by atoms with Gasteiger partial charge in [0, 0.05) is 48.2 Å². The predicted octanol–water partition coefficient (Wildman–Crippen LogP) is 4.38. The second kappa shape index (κ2) is 14.3. The summed E-state index contributed by atoms with van der Waals surface area (Å²) in [6.45, 7) is 12.7. The molecule has 0 amide bonds. The minimum absolute atomic E-state index is 0.0913. The summed E-state index contributed by atoms with van der Waals surface area (Å²) in [6.07, 6.45) is 0.719. The Labute approximate surface area is 234 Å². The molecule has 11 nitrogen and oxygen atoms in total. The molecule has 11 heteroatoms. The van der Waals surface area contributed by atoms with E-state index in [2.05, 4.69) is 30.4 Å². The first-order chi connectivity index (χ1) is 19.4. The summed E-state index contributed by atoms with van der Waals surface area (Å²) in [7, 11) is 0. The van der Waals surface area contributed by atoms with Crippen molar-refractivity contribution >= 4 is 28.6 Å². The summed E-state index contributed by atoms with van der Waals surface area (Å²) in [5, 5.41) is 52.4. The van der Waals surface area contributed by atoms with Gasteiger partial charge in [-0.1, -0.05) is 72.6 Å². The number of carbonyl (C=O) groups excluding carboxylic acids is 1. The molecule has 1 aliphatic rings. The van der Waals surface area contributed by atoms with Crippen LogP contribution in [0.3, 0.4) is 0 Å². The van der Waals surface area contributed by atoms with Gasteiger partial charge in [0.1, 0.15) is 22.8 Å². The number of rotatable bonds is 14. The van der Waals surface area contributed by atoms with E-state index in [0.717, 1.165) is 26.2 Å². The van der Waals surface area contributed by atoms with Crippen LogP contribution < -0.4 is 0 Å². The smallest absolute Gasteiger partial charge is 0.194 e. The van der Waals surface area contributed by atoms with Crippen molar-refractivity contribution in [1.82, 2.24) is 9.80 Å². The van der Waals surface area contributed by atoms with Crippen molar-refractivity contribution in [1.29, 1.82) is 0 Å². The van der Waals surface area contributed by atoms with Crippen LogP contribution in [-0.2, 0) is 0 Å². The maximum atomic E-state index is 13.5. The van der Waals surface area contributed by atoms with Crippen molar-refractivity contribution < 1.29 is 25.6 Å². The van der Waals surface area contributed by atoms with Crippen molar-refractivity contribution in [2.24, 2.45) is 20.6 Å². The van der Waals surface area contributed by atoms with Crippen LogP contribution in [0.2, 0.25) is 0 Å². The molecule has 0 aromatic heterocycles. The molecule has 40 heavy (non-hydrogen) atoms. The zero-order valence-electron chi connectivity index (χ0n) is 23.5. The molecule has 0 saturated heterocycles. The van der Waals surface area contributed by atoms with Gasteiger partial charge in [0.05, 0.1) is 0 Å². The Morgan fingerprint density at radius 1 is 0.600 bits per heavy atom. The summed E-state index contributed by atoms with van der Waals surface area (Å²) in [6, 6.07) is 10.2. The fraction of sp³-hybridized carbons (Fsp3) is 0.414. The Hall–Kier alpha value is -4.09. The third-order valence-corrected chi connectivity index (χ3v) is 7.47. The van der Waals surface area contributed by atoms with Gasteiger partial charge in [0.2, 0.25) is 0 Å². The van der Waals surface area contributed by atoms with Crippen molar-refractivity contribution in [3.63, 3.8) is 0 Å². The fourth-order valence-corrected chi connectivity index (χ4v) is 4.98. The van der Waals surface area contributed by atoms with Crippen LogP contribution in [-0.4, -0.2) is 98.5 Å². The first-order valence-electron chi connectivity index (χ1n) is 13.6. The van der Waals surface area contributed by atoms with E-state index in [-0.39, 0.29) is 28.6 Å². The highest BCUT2D eigenvalue weighted by Crippen LogP contribution is 2.38. The number of carbonyl (C=O) groups is 1. The van der Waals surface area contributed by atoms with Gasteiger partial charge in [-0.3, -0.25) is 4.79 Å². The van der Waals surface area contributed by atoms with Crippen LogP contribution in [0, 0.1) is 0 Å². The highest BCUT2D eigenvalue weighted by Gasteiger charge is 2.29. The topological polar surface area (TPSA) is 154 Å². The van der Waals surface area contributed by atoms with E-state index in [4.69, 9.17) is 0 Å². The van der Waals surface area contributed by atoms with Crippen LogP contribution in [0.25, 0.3) is 11.1 Å². The lowest BCUT2D eigenvalue weighted by Crippen LogP contribution is -2.28. The lowest BCUT2D eigenvalue weighted by molar-refractivity contribution is 0.104. The van der Waals surface area contributed by atoms with E-state index in [9.17, 15) is 25.6 Å². The Bertz CT molecular complexity index is 1230. The standard InChI is InChI=1S/C29H38N6O5/c1-5-34(6-2)15-13-25(30-37)27(32-39)19-9-11-21-22-12-10-20(18-24(22)29(36)23(21)17-19)28(33-40)26(31-38)14-16-35(7-3)8-4/h9-12,17-18,37-40H,5-8,13-16H2,1-4H3. The Morgan fingerprint density at radius 3 is 1.27 bits per heavy atom. The van der Waals surface area contributed by atoms with Crippen molar-refractivity contribution in [2.75, 3.05) is 39.3 Å². The Morgan fingerprint density at radius 2 is 0.975 bits per heavy atom. The average molecular weight is 551 g/mol. The molecule has 0 atom stereocenters. The van der Waals surface area contributed by atoms with E-state index in [1.165, 1.54) is 0 Å². The van der Waals surface area contributed by atoms with E-state index in [1.807, 2.05) is 27.7 Å². The number of hydrogen-bond acceptors (Lipinski definition) is 11. The number of ketones is 1. The SMILES string of the molecule is CCN(CC)CCC(=NO)C(=NO)c1ccc2c(c1)C(=O)c1cc(C(=NO)C(CCN(CC)CC)=NO)ccc1-2. The third-order valence-electron chi connectivity index (χ3n) is 7.47. The van der Waals surface area contributed by atoms with Gasteiger partial charge in [-0.2, -0.15) is 0 Å². The van der Waals surface area contributed by atoms with Gasteiger partial charge in [-0.25, -0.2) is 0 Å². The van der Waals surface area contributed by atoms with Crippen LogP contribution in [0.4, 0.5) is 0 Å². The highest BCUT2D eigenvalue weighted by atomic mass is 16.4. The average Bonchev–Trinajstić information content (AvgIpc) is 3.27. The van der Waals surface area contributed by atoms with Crippen LogP contribution in [0.15, 0.2) is 57.0 Å². The molecule has 2 aromatic carbocycles. The minimum atomic E-state index is -0.250. The van der Waals surface area contributed by atoms with Gasteiger partial charge in [0.15, 0.2) is 5.78 Å². The zero-order chi connectivity index (χ0) is 29.2. The molecule has 0 heterocycles. The number of benzene rings is 2. The second-order valence-corrected chi connectivity index (χ2v) is 9.39. The summed E-state index contributed by atoms with van der Waals surface area (Å²) in [5.74, 6) is -0.250. The maximum Gasteiger partial charge on any atom is 0.194 e. The van der Waals surface area contributed by atoms with Gasteiger partial charge >= 0.3 is 0 Å². The lowest BCUT2D eigenvalue weighted by atomic mass is 9.97. The molecule has 0 fully saturated rings. The maximum absolute atomic E-state index is 13.5. The summed E-state index contributed by atoms with van der Waals surface area (Å²) < 4.78 is 0. The Kier molecular flexibility index (Phi) is 10.9. The second-order valence-electron chi connectivity index (χ2n) is 9.39. The van der Waals surface area contributed by atoms with E-state index >= 15 is 0 Å². The number of nitrogens with zero attached hydrogens (tertiary/aromatic N) is 6. The van der Waals surface area contributed by atoms with Gasteiger partial charge in [0.25, 0.3) is 0 Å². The number of fused-ring (bicyclic) bond motifs is 3. The van der Waals surface area contributed by atoms with Crippen LogP contribution in [0.5, 0.6) is 0 Å². The molecule has 0 radical (unpaired) electrons. The highest BCUT2D eigenvalue weighted by molar-refractivity contribution is 6.49. The van der Waals surface area contributed by atoms with Crippen molar-refractivity contribution in [3.8, 4) is 11.1 Å². The molecule has 0 saturated carbocycles. The molecule has 0 aliphatic heterocycles. The fourth-order valence-electron chi connectivity index (χ4n) is 4.98. The molecule has 1 aliphatic carbocycles. The first-order valence-corrected chi connectivity index (χ1v) is 13.6. The molecule has 0 spiro atoms. The molecule has 2 aromatic rings. The van der Waals surface area contributed by atoms with Gasteiger partial charge in [-0.05, 0) is 49.4 Å². The normalized spacial score (nSPS) is 14.3. The van der Waals surface area contributed by atoms with Crippen LogP contribution in [0.1, 0.15) is 67.6 Å². The predicted molar refractivity (Wildman–Crippen MR) is 155 cm³/mol. The van der Waals surface area contributed by atoms with E-state index in [0.29, 0.717) is 59.3 Å². The van der Waals surface area contributed by atoms with Gasteiger partial charge < -0.3 is 30.6 Å². The molecule has 4 N–H and O–H groups in total. The Balaban J connectivity index is 1.89. The summed E-state index contributed by atoms with van der Waals surface area (Å²) in [4.78, 5) is 17.8. The molecule has 214 valence electrons. The minimum Gasteiger partial charge on any atom is -0.411 e. The van der Waals surface area contributed by atoms with Crippen molar-refractivity contribution in [2.45, 2.75) is 40.5 Å². The molecular formula is C29H38N6O5. The van der Waals surface area contributed by atoms with Gasteiger partial charge in [-0.15, -0.1) is 0 Å². The summed E-state index contributed by atoms with van der Waals surface area (Å²) in [5.41, 5.74) is 3.72. The molecular weight excluding hydrogens is 512 g/mol. The molecule has 3 rings (SSSR count). The van der Waals surface area contributed by atoms with E-state index in [1.54, 1.807) is 36.4 Å². The van der Waals surface area contributed by atoms with E-state index < -0.39 is 0 Å². The monoisotopic (exact) mass is 550 g/mol. The largest absolute Gasteiger partial charge is 0.411 e. The number of hydrogen-bond donors (Lipinski definition) is 4. The quantitative estimate of drug-likeness (QED) is 0.132.